The molecule has 1 aliphatic heterocycles. The van der Waals surface area contributed by atoms with Crippen LogP contribution in [0, 0.1) is 17.5 Å². The Bertz CT molecular complexity index is 1160. The molecule has 1 aromatic heterocycles. The summed E-state index contributed by atoms with van der Waals surface area (Å²) in [7, 11) is 0. The Labute approximate surface area is 181 Å². The number of hydrogen-bond donors (Lipinski definition) is 3. The van der Waals surface area contributed by atoms with Crippen LogP contribution < -0.4 is 5.32 Å². The number of ether oxygens (including phenoxy) is 2. The highest BCUT2D eigenvalue weighted by Gasteiger charge is 2.38. The number of rotatable bonds is 4. The molecular weight excluding hydrogens is 425 g/mol. The van der Waals surface area contributed by atoms with Crippen molar-refractivity contribution in [2.24, 2.45) is 0 Å². The Balaban J connectivity index is 1.37. The number of aliphatic hydroxyl groups is 1. The van der Waals surface area contributed by atoms with Crippen molar-refractivity contribution in [2.45, 2.75) is 37.0 Å². The number of aromatic nitrogens is 1. The van der Waals surface area contributed by atoms with Gasteiger partial charge < -0.3 is 24.9 Å². The minimum atomic E-state index is -0.772. The van der Waals surface area contributed by atoms with Crippen LogP contribution >= 0.6 is 0 Å². The standard InChI is InChI=1S/C23H21F3N2O4/c24-13-3-1-11(2-4-13)21-20(16-7-14(25)8-17(26)22(16)28-21)12-5-15(6-12)32-23(30)27-18-9-31-10-19(18)29/h1-4,7-8,12,15,18-19,28-29H,5-6,9-10H2,(H,27,30)/t12-,15-,18-,19-/m0/s1. The Morgan fingerprint density at radius 2 is 1.84 bits per heavy atom. The van der Waals surface area contributed by atoms with Gasteiger partial charge in [0.15, 0.2) is 0 Å². The molecule has 1 saturated carbocycles. The van der Waals surface area contributed by atoms with E-state index in [0.717, 1.165) is 6.07 Å². The molecule has 1 amide bonds. The Kier molecular flexibility index (Phi) is 5.30. The van der Waals surface area contributed by atoms with Gasteiger partial charge >= 0.3 is 6.09 Å². The van der Waals surface area contributed by atoms with Gasteiger partial charge in [-0.3, -0.25) is 0 Å². The van der Waals surface area contributed by atoms with Gasteiger partial charge in [0.05, 0.1) is 36.6 Å². The monoisotopic (exact) mass is 446 g/mol. The van der Waals surface area contributed by atoms with Crippen LogP contribution in [0.5, 0.6) is 0 Å². The molecule has 5 rings (SSSR count). The summed E-state index contributed by atoms with van der Waals surface area (Å²) in [6, 6.07) is 7.34. The number of carbonyl (C=O) groups excluding carboxylic acids is 1. The van der Waals surface area contributed by atoms with E-state index in [0.29, 0.717) is 35.0 Å². The van der Waals surface area contributed by atoms with Crippen molar-refractivity contribution >= 4 is 17.0 Å². The zero-order valence-electron chi connectivity index (χ0n) is 16.9. The van der Waals surface area contributed by atoms with E-state index in [-0.39, 0.29) is 30.8 Å². The topological polar surface area (TPSA) is 83.6 Å². The smallest absolute Gasteiger partial charge is 0.407 e. The fourth-order valence-electron chi connectivity index (χ4n) is 4.42. The SMILES string of the molecule is O=C(N[C@H]1COC[C@@H]1O)O[C@H]1C[C@H](c2c(-c3ccc(F)cc3)[nH]c3c(F)cc(F)cc32)C1. The van der Waals surface area contributed by atoms with Crippen molar-refractivity contribution in [1.29, 1.82) is 0 Å². The lowest BCUT2D eigenvalue weighted by atomic mass is 9.75. The molecule has 2 atom stereocenters. The summed E-state index contributed by atoms with van der Waals surface area (Å²) >= 11 is 0. The minimum Gasteiger partial charge on any atom is -0.446 e. The largest absolute Gasteiger partial charge is 0.446 e. The van der Waals surface area contributed by atoms with Crippen LogP contribution in [0.25, 0.3) is 22.2 Å². The molecule has 1 aliphatic carbocycles. The number of aromatic amines is 1. The van der Waals surface area contributed by atoms with E-state index in [2.05, 4.69) is 10.3 Å². The number of alkyl carbamates (subject to hydrolysis) is 1. The van der Waals surface area contributed by atoms with E-state index in [1.807, 2.05) is 0 Å². The van der Waals surface area contributed by atoms with Crippen LogP contribution in [-0.4, -0.2) is 47.6 Å². The van der Waals surface area contributed by atoms with Crippen molar-refractivity contribution in [1.82, 2.24) is 10.3 Å². The number of benzene rings is 2. The molecule has 2 heterocycles. The van der Waals surface area contributed by atoms with Crippen LogP contribution in [-0.2, 0) is 9.47 Å². The summed E-state index contributed by atoms with van der Waals surface area (Å²) in [5.41, 5.74) is 2.13. The quantitative estimate of drug-likeness (QED) is 0.566. The van der Waals surface area contributed by atoms with E-state index in [9.17, 15) is 23.1 Å². The maximum Gasteiger partial charge on any atom is 0.407 e. The first-order valence-corrected chi connectivity index (χ1v) is 10.4. The third kappa shape index (κ3) is 3.82. The van der Waals surface area contributed by atoms with Crippen LogP contribution in [0.15, 0.2) is 36.4 Å². The average Bonchev–Trinajstić information content (AvgIpc) is 3.29. The molecular formula is C23H21F3N2O4. The van der Waals surface area contributed by atoms with Gasteiger partial charge in [-0.2, -0.15) is 0 Å². The first-order valence-electron chi connectivity index (χ1n) is 10.4. The van der Waals surface area contributed by atoms with Crippen molar-refractivity contribution in [3.05, 3.63) is 59.4 Å². The number of aliphatic hydroxyl groups excluding tert-OH is 1. The maximum absolute atomic E-state index is 14.4. The molecule has 2 aliphatic rings. The summed E-state index contributed by atoms with van der Waals surface area (Å²) in [5.74, 6) is -1.91. The Morgan fingerprint density at radius 3 is 2.53 bits per heavy atom. The van der Waals surface area contributed by atoms with Gasteiger partial charge in [0.2, 0.25) is 0 Å². The molecule has 0 bridgehead atoms. The highest BCUT2D eigenvalue weighted by Crippen LogP contribution is 2.46. The lowest BCUT2D eigenvalue weighted by Crippen LogP contribution is -2.45. The number of H-pyrrole nitrogens is 1. The molecule has 0 unspecified atom stereocenters. The van der Waals surface area contributed by atoms with Crippen molar-refractivity contribution < 1.29 is 32.5 Å². The molecule has 0 radical (unpaired) electrons. The second-order valence-electron chi connectivity index (χ2n) is 8.28. The van der Waals surface area contributed by atoms with E-state index < -0.39 is 35.7 Å². The van der Waals surface area contributed by atoms with Gasteiger partial charge in [0.1, 0.15) is 23.6 Å². The molecule has 3 aromatic rings. The van der Waals surface area contributed by atoms with Crippen LogP contribution in [0.1, 0.15) is 24.3 Å². The second kappa shape index (κ2) is 8.14. The van der Waals surface area contributed by atoms with Crippen LogP contribution in [0.3, 0.4) is 0 Å². The fraction of sp³-hybridized carbons (Fsp3) is 0.348. The molecule has 2 aromatic carbocycles. The number of amides is 1. The highest BCUT2D eigenvalue weighted by atomic mass is 19.1. The molecule has 3 N–H and O–H groups in total. The van der Waals surface area contributed by atoms with Gasteiger partial charge in [0.25, 0.3) is 0 Å². The minimum absolute atomic E-state index is 0.108. The summed E-state index contributed by atoms with van der Waals surface area (Å²) in [6.45, 7) is 0.382. The maximum atomic E-state index is 14.4. The second-order valence-corrected chi connectivity index (χ2v) is 8.28. The van der Waals surface area contributed by atoms with E-state index in [4.69, 9.17) is 9.47 Å². The summed E-state index contributed by atoms with van der Waals surface area (Å²) < 4.78 is 52.4. The summed E-state index contributed by atoms with van der Waals surface area (Å²) in [6.07, 6.45) is -0.847. The number of nitrogens with one attached hydrogen (secondary N) is 2. The van der Waals surface area contributed by atoms with Gasteiger partial charge in [-0.15, -0.1) is 0 Å². The third-order valence-corrected chi connectivity index (χ3v) is 6.13. The lowest BCUT2D eigenvalue weighted by molar-refractivity contribution is 0.0349. The lowest BCUT2D eigenvalue weighted by Gasteiger charge is -2.35. The summed E-state index contributed by atoms with van der Waals surface area (Å²) in [5, 5.41) is 12.7. The predicted octanol–water partition coefficient (Wildman–Crippen LogP) is 3.98. The van der Waals surface area contributed by atoms with Crippen molar-refractivity contribution in [3.63, 3.8) is 0 Å². The summed E-state index contributed by atoms with van der Waals surface area (Å²) in [4.78, 5) is 15.1. The first kappa shape index (κ1) is 20.8. The van der Waals surface area contributed by atoms with Crippen molar-refractivity contribution in [2.75, 3.05) is 13.2 Å². The van der Waals surface area contributed by atoms with Crippen LogP contribution in [0.2, 0.25) is 0 Å². The van der Waals surface area contributed by atoms with E-state index in [1.54, 1.807) is 12.1 Å². The number of fused-ring (bicyclic) bond motifs is 1. The average molecular weight is 446 g/mol. The highest BCUT2D eigenvalue weighted by molar-refractivity contribution is 5.92. The number of hydrogen-bond acceptors (Lipinski definition) is 4. The third-order valence-electron chi connectivity index (χ3n) is 6.13. The van der Waals surface area contributed by atoms with Crippen LogP contribution in [0.4, 0.5) is 18.0 Å². The Hall–Kier alpha value is -3.04. The van der Waals surface area contributed by atoms with Crippen molar-refractivity contribution in [3.8, 4) is 11.3 Å². The Morgan fingerprint density at radius 1 is 1.09 bits per heavy atom. The molecule has 6 nitrogen and oxygen atoms in total. The number of halogens is 3. The molecule has 0 spiro atoms. The fourth-order valence-corrected chi connectivity index (χ4v) is 4.42. The first-order chi connectivity index (χ1) is 15.4. The number of carbonyl (C=O) groups is 1. The molecule has 2 fully saturated rings. The molecule has 32 heavy (non-hydrogen) atoms. The predicted molar refractivity (Wildman–Crippen MR) is 110 cm³/mol. The van der Waals surface area contributed by atoms with E-state index >= 15 is 0 Å². The molecule has 1 saturated heterocycles. The van der Waals surface area contributed by atoms with E-state index in [1.165, 1.54) is 18.2 Å². The molecule has 168 valence electrons. The van der Waals surface area contributed by atoms with Gasteiger partial charge in [-0.25, -0.2) is 18.0 Å². The van der Waals surface area contributed by atoms with Gasteiger partial charge in [-0.1, -0.05) is 0 Å². The zero-order chi connectivity index (χ0) is 22.4. The zero-order valence-corrected chi connectivity index (χ0v) is 16.9. The normalized spacial score (nSPS) is 25.0. The van der Waals surface area contributed by atoms with Gasteiger partial charge in [-0.05, 0) is 60.2 Å². The molecule has 9 heteroatoms. The van der Waals surface area contributed by atoms with Gasteiger partial charge in [0, 0.05) is 11.5 Å².